The zero-order valence-corrected chi connectivity index (χ0v) is 9.49. The van der Waals surface area contributed by atoms with Crippen molar-refractivity contribution in [3.05, 3.63) is 36.4 Å². The van der Waals surface area contributed by atoms with Gasteiger partial charge < -0.3 is 9.52 Å². The van der Waals surface area contributed by atoms with Crippen molar-refractivity contribution in [2.75, 3.05) is 0 Å². The van der Waals surface area contributed by atoms with Gasteiger partial charge in [0.05, 0.1) is 18.2 Å². The second-order valence-corrected chi connectivity index (χ2v) is 3.90. The van der Waals surface area contributed by atoms with E-state index in [4.69, 9.17) is 9.52 Å². The average molecular weight is 243 g/mol. The largest absolute Gasteiger partial charge is 0.478 e. The lowest BCUT2D eigenvalue weighted by molar-refractivity contribution is 0.0698. The number of aryl methyl sites for hydroxylation is 1. The Morgan fingerprint density at radius 3 is 3.00 bits per heavy atom. The number of carboxylic acid groups (broad SMARTS) is 1. The summed E-state index contributed by atoms with van der Waals surface area (Å²) in [5.41, 5.74) is 2.24. The van der Waals surface area contributed by atoms with Crippen LogP contribution in [0.3, 0.4) is 0 Å². The molecule has 0 spiro atoms. The molecular weight excluding hydrogens is 234 g/mol. The van der Waals surface area contributed by atoms with E-state index in [1.165, 1.54) is 12.3 Å². The highest BCUT2D eigenvalue weighted by atomic mass is 16.4. The summed E-state index contributed by atoms with van der Waals surface area (Å²) < 4.78 is 6.78. The Morgan fingerprint density at radius 1 is 1.50 bits per heavy atom. The van der Waals surface area contributed by atoms with E-state index in [1.54, 1.807) is 30.2 Å². The van der Waals surface area contributed by atoms with Crippen LogP contribution in [0.1, 0.15) is 10.4 Å². The predicted molar refractivity (Wildman–Crippen MR) is 63.2 cm³/mol. The minimum atomic E-state index is -1.04. The maximum Gasteiger partial charge on any atom is 0.339 e. The molecule has 0 aliphatic rings. The van der Waals surface area contributed by atoms with E-state index < -0.39 is 5.97 Å². The number of pyridine rings is 1. The van der Waals surface area contributed by atoms with E-state index in [-0.39, 0.29) is 11.1 Å². The van der Waals surface area contributed by atoms with E-state index in [9.17, 15) is 4.79 Å². The van der Waals surface area contributed by atoms with Crippen LogP contribution in [-0.2, 0) is 7.05 Å². The number of furan rings is 1. The molecule has 90 valence electrons. The molecule has 3 aromatic rings. The van der Waals surface area contributed by atoms with Crippen LogP contribution in [0.2, 0.25) is 0 Å². The van der Waals surface area contributed by atoms with Gasteiger partial charge in [-0.1, -0.05) is 0 Å². The smallest absolute Gasteiger partial charge is 0.339 e. The topological polar surface area (TPSA) is 81.2 Å². The number of rotatable bonds is 2. The molecule has 0 aliphatic heterocycles. The molecule has 0 fully saturated rings. The number of aromatic nitrogens is 3. The Labute approximate surface area is 101 Å². The summed E-state index contributed by atoms with van der Waals surface area (Å²) in [7, 11) is 1.79. The van der Waals surface area contributed by atoms with Gasteiger partial charge in [-0.05, 0) is 6.07 Å². The lowest BCUT2D eigenvalue weighted by Crippen LogP contribution is -1.98. The summed E-state index contributed by atoms with van der Waals surface area (Å²) in [6, 6.07) is 3.13. The van der Waals surface area contributed by atoms with E-state index >= 15 is 0 Å². The first kappa shape index (κ1) is 10.5. The summed E-state index contributed by atoms with van der Waals surface area (Å²) in [6.45, 7) is 0. The van der Waals surface area contributed by atoms with Gasteiger partial charge >= 0.3 is 5.97 Å². The van der Waals surface area contributed by atoms with Crippen LogP contribution in [0, 0.1) is 0 Å². The standard InChI is InChI=1S/C12H9N3O3/c1-15-6-7(5-13-15)10-4-8(12(16)17)11-9(14-10)2-3-18-11/h2-6H,1H3,(H,16,17). The quantitative estimate of drug-likeness (QED) is 0.743. The third-order valence-corrected chi connectivity index (χ3v) is 2.64. The maximum absolute atomic E-state index is 11.2. The molecule has 0 aliphatic carbocycles. The molecule has 3 aromatic heterocycles. The zero-order chi connectivity index (χ0) is 12.7. The Kier molecular flexibility index (Phi) is 2.16. The van der Waals surface area contributed by atoms with Crippen LogP contribution in [0.15, 0.2) is 35.2 Å². The van der Waals surface area contributed by atoms with Gasteiger partial charge in [-0.25, -0.2) is 9.78 Å². The normalized spacial score (nSPS) is 10.9. The first-order valence-electron chi connectivity index (χ1n) is 5.26. The van der Waals surface area contributed by atoms with Gasteiger partial charge in [0.25, 0.3) is 0 Å². The average Bonchev–Trinajstić information content (AvgIpc) is 2.95. The number of carbonyl (C=O) groups is 1. The first-order chi connectivity index (χ1) is 8.65. The molecule has 6 heteroatoms. The highest BCUT2D eigenvalue weighted by molar-refractivity contribution is 6.01. The number of fused-ring (bicyclic) bond motifs is 1. The third-order valence-electron chi connectivity index (χ3n) is 2.64. The second kappa shape index (κ2) is 3.69. The first-order valence-corrected chi connectivity index (χ1v) is 5.26. The van der Waals surface area contributed by atoms with Gasteiger partial charge in [0.1, 0.15) is 11.1 Å². The fraction of sp³-hybridized carbons (Fsp3) is 0.0833. The Balaban J connectivity index is 2.27. The van der Waals surface area contributed by atoms with Crippen molar-refractivity contribution in [3.63, 3.8) is 0 Å². The second-order valence-electron chi connectivity index (χ2n) is 3.90. The Bertz CT molecular complexity index is 742. The molecule has 3 rings (SSSR count). The van der Waals surface area contributed by atoms with Crippen molar-refractivity contribution in [2.24, 2.45) is 7.05 Å². The number of aromatic carboxylic acids is 1. The van der Waals surface area contributed by atoms with Gasteiger partial charge in [0, 0.05) is 24.9 Å². The fourth-order valence-electron chi connectivity index (χ4n) is 1.82. The molecule has 6 nitrogen and oxygen atoms in total. The highest BCUT2D eigenvalue weighted by Crippen LogP contribution is 2.25. The zero-order valence-electron chi connectivity index (χ0n) is 9.49. The molecule has 0 aromatic carbocycles. The lowest BCUT2D eigenvalue weighted by Gasteiger charge is -2.00. The van der Waals surface area contributed by atoms with E-state index in [1.807, 2.05) is 0 Å². The third kappa shape index (κ3) is 1.55. The maximum atomic E-state index is 11.2. The molecule has 0 atom stereocenters. The van der Waals surface area contributed by atoms with Gasteiger partial charge in [-0.2, -0.15) is 5.10 Å². The summed E-state index contributed by atoms with van der Waals surface area (Å²) >= 11 is 0. The van der Waals surface area contributed by atoms with Crippen LogP contribution in [0.5, 0.6) is 0 Å². The molecule has 1 N–H and O–H groups in total. The predicted octanol–water partition coefficient (Wildman–Crippen LogP) is 1.93. The summed E-state index contributed by atoms with van der Waals surface area (Å²) in [6.07, 6.45) is 4.84. The van der Waals surface area contributed by atoms with Crippen molar-refractivity contribution in [2.45, 2.75) is 0 Å². The molecule has 0 amide bonds. The van der Waals surface area contributed by atoms with Crippen LogP contribution in [0.25, 0.3) is 22.4 Å². The Hall–Kier alpha value is -2.63. The van der Waals surface area contributed by atoms with Crippen molar-refractivity contribution < 1.29 is 14.3 Å². The highest BCUT2D eigenvalue weighted by Gasteiger charge is 2.15. The summed E-state index contributed by atoms with van der Waals surface area (Å²) in [5.74, 6) is -1.04. The monoisotopic (exact) mass is 243 g/mol. The molecule has 18 heavy (non-hydrogen) atoms. The molecule has 0 saturated carbocycles. The molecule has 0 saturated heterocycles. The van der Waals surface area contributed by atoms with E-state index in [0.29, 0.717) is 11.2 Å². The van der Waals surface area contributed by atoms with Gasteiger partial charge in [0.15, 0.2) is 5.58 Å². The van der Waals surface area contributed by atoms with Crippen molar-refractivity contribution in [1.82, 2.24) is 14.8 Å². The van der Waals surface area contributed by atoms with Crippen LogP contribution in [0.4, 0.5) is 0 Å². The van der Waals surface area contributed by atoms with Crippen LogP contribution in [-0.4, -0.2) is 25.8 Å². The van der Waals surface area contributed by atoms with Gasteiger partial charge in [-0.15, -0.1) is 0 Å². The number of nitrogens with zero attached hydrogens (tertiary/aromatic N) is 3. The SMILES string of the molecule is Cn1cc(-c2cc(C(=O)O)c3occc3n2)cn1. The minimum absolute atomic E-state index is 0.101. The fourth-order valence-corrected chi connectivity index (χ4v) is 1.82. The molecule has 3 heterocycles. The van der Waals surface area contributed by atoms with Crippen LogP contribution >= 0.6 is 0 Å². The number of hydrogen-bond acceptors (Lipinski definition) is 4. The Morgan fingerprint density at radius 2 is 2.33 bits per heavy atom. The van der Waals surface area contributed by atoms with E-state index in [2.05, 4.69) is 10.1 Å². The molecule has 0 radical (unpaired) electrons. The molecule has 0 bridgehead atoms. The van der Waals surface area contributed by atoms with Gasteiger partial charge in [-0.3, -0.25) is 4.68 Å². The molecule has 0 unspecified atom stereocenters. The van der Waals surface area contributed by atoms with Gasteiger partial charge in [0.2, 0.25) is 0 Å². The van der Waals surface area contributed by atoms with Crippen molar-refractivity contribution in [3.8, 4) is 11.3 Å². The number of carboxylic acids is 1. The van der Waals surface area contributed by atoms with E-state index in [0.717, 1.165) is 5.56 Å². The molecular formula is C12H9N3O3. The van der Waals surface area contributed by atoms with Crippen LogP contribution < -0.4 is 0 Å². The summed E-state index contributed by atoms with van der Waals surface area (Å²) in [5, 5.41) is 13.2. The number of hydrogen-bond donors (Lipinski definition) is 1. The van der Waals surface area contributed by atoms with Crippen molar-refractivity contribution in [1.29, 1.82) is 0 Å². The summed E-state index contributed by atoms with van der Waals surface area (Å²) in [4.78, 5) is 15.5. The van der Waals surface area contributed by atoms with Crippen molar-refractivity contribution >= 4 is 17.1 Å². The minimum Gasteiger partial charge on any atom is -0.478 e. The lowest BCUT2D eigenvalue weighted by atomic mass is 10.1.